The molecule has 5 N–H and O–H groups in total. The highest BCUT2D eigenvalue weighted by Crippen LogP contribution is 2.29. The fraction of sp³-hybridized carbons (Fsp3) is 0.240. The molecule has 0 aliphatic carbocycles. The molecule has 10 heteroatoms. The van der Waals surface area contributed by atoms with E-state index in [0.29, 0.717) is 35.0 Å². The molecule has 4 rings (SSSR count). The van der Waals surface area contributed by atoms with E-state index in [1.54, 1.807) is 47.5 Å². The minimum Gasteiger partial charge on any atom is -0.456 e. The van der Waals surface area contributed by atoms with E-state index in [1.165, 1.54) is 6.20 Å². The maximum Gasteiger partial charge on any atom is 0.256 e. The van der Waals surface area contributed by atoms with Crippen LogP contribution in [0.25, 0.3) is 0 Å². The number of benzene rings is 1. The largest absolute Gasteiger partial charge is 0.456 e. The number of carbonyl (C=O) groups is 1. The number of anilines is 2. The number of aliphatic imine (C=N–C) groups is 1. The fourth-order valence-electron chi connectivity index (χ4n) is 3.81. The molecule has 2 aromatic heterocycles. The van der Waals surface area contributed by atoms with Crippen molar-refractivity contribution in [2.75, 3.05) is 24.1 Å². The zero-order chi connectivity index (χ0) is 24.8. The number of nitrogens with two attached hydrogens (primary N) is 2. The number of nitrogens with one attached hydrogen (secondary N) is 1. The maximum absolute atomic E-state index is 12.5. The lowest BCUT2D eigenvalue weighted by molar-refractivity contribution is 0.102. The molecule has 178 valence electrons. The molecule has 1 aliphatic rings. The van der Waals surface area contributed by atoms with Gasteiger partial charge in [-0.25, -0.2) is 9.97 Å². The molecular weight excluding hydrogens is 444 g/mol. The van der Waals surface area contributed by atoms with Crippen molar-refractivity contribution in [3.8, 4) is 17.7 Å². The Labute approximate surface area is 203 Å². The van der Waals surface area contributed by atoms with Crippen molar-refractivity contribution >= 4 is 23.4 Å². The van der Waals surface area contributed by atoms with Gasteiger partial charge in [0.2, 0.25) is 0 Å². The van der Waals surface area contributed by atoms with Gasteiger partial charge in [-0.05, 0) is 61.7 Å². The Kier molecular flexibility index (Phi) is 7.07. The summed E-state index contributed by atoms with van der Waals surface area (Å²) in [7, 11) is 0. The monoisotopic (exact) mass is 470 g/mol. The summed E-state index contributed by atoms with van der Waals surface area (Å²) >= 11 is 0. The van der Waals surface area contributed by atoms with Gasteiger partial charge in [-0.2, -0.15) is 5.26 Å². The molecule has 3 aromatic rings. The minimum atomic E-state index is -0.279. The number of amidine groups is 1. The topological polar surface area (TPSA) is 156 Å². The Balaban J connectivity index is 1.50. The van der Waals surface area contributed by atoms with E-state index in [2.05, 4.69) is 26.5 Å². The Hall–Kier alpha value is -4.65. The van der Waals surface area contributed by atoms with E-state index in [9.17, 15) is 4.79 Å². The molecule has 0 spiro atoms. The van der Waals surface area contributed by atoms with Crippen LogP contribution in [0.15, 0.2) is 59.9 Å². The molecule has 0 radical (unpaired) electrons. The van der Waals surface area contributed by atoms with Gasteiger partial charge in [0.25, 0.3) is 5.91 Å². The third kappa shape index (κ3) is 5.83. The quantitative estimate of drug-likeness (QED) is 0.282. The Morgan fingerprint density at radius 1 is 1.23 bits per heavy atom. The first-order valence-corrected chi connectivity index (χ1v) is 11.2. The molecular formula is C25H26N8O2. The summed E-state index contributed by atoms with van der Waals surface area (Å²) in [6, 6.07) is 11.9. The lowest BCUT2D eigenvalue weighted by Crippen LogP contribution is -2.35. The second-order valence-electron chi connectivity index (χ2n) is 8.22. The van der Waals surface area contributed by atoms with E-state index in [4.69, 9.17) is 21.5 Å². The number of carbonyl (C=O) groups excluding carboxylic acids is 1. The number of likely N-dealkylation sites (tertiary alicyclic amines) is 1. The third-order valence-electron chi connectivity index (χ3n) is 5.56. The van der Waals surface area contributed by atoms with Gasteiger partial charge in [-0.1, -0.05) is 0 Å². The zero-order valence-corrected chi connectivity index (χ0v) is 19.3. The number of aryl methyl sites for hydroxylation is 1. The average molecular weight is 471 g/mol. The molecule has 0 saturated carbocycles. The van der Waals surface area contributed by atoms with E-state index in [-0.39, 0.29) is 23.6 Å². The molecule has 35 heavy (non-hydrogen) atoms. The number of rotatable bonds is 6. The maximum atomic E-state index is 12.5. The van der Waals surface area contributed by atoms with Crippen LogP contribution in [0.2, 0.25) is 0 Å². The van der Waals surface area contributed by atoms with E-state index >= 15 is 0 Å². The van der Waals surface area contributed by atoms with Crippen LogP contribution in [0, 0.1) is 18.4 Å². The van der Waals surface area contributed by atoms with Crippen molar-refractivity contribution in [3.63, 3.8) is 0 Å². The Bertz CT molecular complexity index is 1280. The van der Waals surface area contributed by atoms with Crippen LogP contribution in [0.3, 0.4) is 0 Å². The summed E-state index contributed by atoms with van der Waals surface area (Å²) in [4.78, 5) is 27.1. The highest BCUT2D eigenvalue weighted by molar-refractivity contribution is 6.04. The second-order valence-corrected chi connectivity index (χ2v) is 8.22. The standard InChI is InChI=1S/C25H26N8O2/c1-16-8-10-29-21(13-16)32-25(34)17-4-6-19(7-5-17)35-20-9-11-30-23(27)22(20)24(28)31-18-3-2-12-33(14-18)15-26/h4-11,13,18H,2-3,12,14H2,1H3,(H2,27,30)(H2,28,31)(H,29,32,34). The Morgan fingerprint density at radius 2 is 2.00 bits per heavy atom. The SMILES string of the molecule is Cc1ccnc(NC(=O)c2ccc(Oc3ccnc(N)c3C(N)=NC3CCCN(C#N)C3)cc2)c1. The lowest BCUT2D eigenvalue weighted by atomic mass is 10.1. The minimum absolute atomic E-state index is 0.114. The third-order valence-corrected chi connectivity index (χ3v) is 5.56. The number of nitriles is 1. The molecule has 3 heterocycles. The van der Waals surface area contributed by atoms with Crippen molar-refractivity contribution in [3.05, 3.63) is 71.5 Å². The van der Waals surface area contributed by atoms with Crippen LogP contribution in [0.1, 0.15) is 34.3 Å². The number of piperidine rings is 1. The first-order valence-electron chi connectivity index (χ1n) is 11.2. The molecule has 1 unspecified atom stereocenters. The molecule has 1 aromatic carbocycles. The predicted molar refractivity (Wildman–Crippen MR) is 133 cm³/mol. The van der Waals surface area contributed by atoms with Crippen LogP contribution in [-0.4, -0.2) is 45.7 Å². The van der Waals surface area contributed by atoms with Crippen LogP contribution in [0.5, 0.6) is 11.5 Å². The number of hydrogen-bond donors (Lipinski definition) is 3. The van der Waals surface area contributed by atoms with Crippen LogP contribution < -0.4 is 21.5 Å². The molecule has 1 amide bonds. The number of aromatic nitrogens is 2. The van der Waals surface area contributed by atoms with Gasteiger partial charge in [0.15, 0.2) is 6.19 Å². The van der Waals surface area contributed by atoms with E-state index < -0.39 is 0 Å². The molecule has 1 atom stereocenters. The molecule has 10 nitrogen and oxygen atoms in total. The highest BCUT2D eigenvalue weighted by atomic mass is 16.5. The summed E-state index contributed by atoms with van der Waals surface area (Å²) < 4.78 is 6.02. The van der Waals surface area contributed by atoms with Crippen molar-refractivity contribution in [2.24, 2.45) is 10.7 Å². The van der Waals surface area contributed by atoms with Crippen LogP contribution >= 0.6 is 0 Å². The summed E-state index contributed by atoms with van der Waals surface area (Å²) in [6.07, 6.45) is 7.02. The second kappa shape index (κ2) is 10.5. The van der Waals surface area contributed by atoms with Gasteiger partial charge in [0.05, 0.1) is 12.6 Å². The van der Waals surface area contributed by atoms with Gasteiger partial charge >= 0.3 is 0 Å². The number of amides is 1. The summed E-state index contributed by atoms with van der Waals surface area (Å²) in [6.45, 7) is 3.16. The molecule has 1 aliphatic heterocycles. The first kappa shape index (κ1) is 23.5. The van der Waals surface area contributed by atoms with Crippen LogP contribution in [0.4, 0.5) is 11.6 Å². The summed E-state index contributed by atoms with van der Waals surface area (Å²) in [5, 5.41) is 11.9. The van der Waals surface area contributed by atoms with Gasteiger partial charge in [-0.15, -0.1) is 0 Å². The van der Waals surface area contributed by atoms with Gasteiger partial charge in [0.1, 0.15) is 34.5 Å². The molecule has 1 fully saturated rings. The number of ether oxygens (including phenoxy) is 1. The Morgan fingerprint density at radius 3 is 2.74 bits per heavy atom. The van der Waals surface area contributed by atoms with Gasteiger partial charge in [0, 0.05) is 30.6 Å². The average Bonchev–Trinajstić information content (AvgIpc) is 2.84. The number of pyridine rings is 2. The fourth-order valence-corrected chi connectivity index (χ4v) is 3.81. The molecule has 0 bridgehead atoms. The number of nitrogen functional groups attached to an aromatic ring is 1. The predicted octanol–water partition coefficient (Wildman–Crippen LogP) is 3.06. The number of hydrogen-bond acceptors (Lipinski definition) is 8. The first-order chi connectivity index (χ1) is 16.9. The van der Waals surface area contributed by atoms with E-state index in [0.717, 1.165) is 24.9 Å². The van der Waals surface area contributed by atoms with Crippen LogP contribution in [-0.2, 0) is 0 Å². The van der Waals surface area contributed by atoms with Crippen molar-refractivity contribution in [2.45, 2.75) is 25.8 Å². The smallest absolute Gasteiger partial charge is 0.256 e. The van der Waals surface area contributed by atoms with Crippen molar-refractivity contribution in [1.82, 2.24) is 14.9 Å². The van der Waals surface area contributed by atoms with Gasteiger partial charge < -0.3 is 26.4 Å². The summed E-state index contributed by atoms with van der Waals surface area (Å²) in [5.74, 6) is 1.49. The van der Waals surface area contributed by atoms with Gasteiger partial charge in [-0.3, -0.25) is 9.79 Å². The molecule has 1 saturated heterocycles. The number of nitrogens with zero attached hydrogens (tertiary/aromatic N) is 5. The van der Waals surface area contributed by atoms with Crippen molar-refractivity contribution < 1.29 is 9.53 Å². The highest BCUT2D eigenvalue weighted by Gasteiger charge is 2.21. The van der Waals surface area contributed by atoms with Crippen molar-refractivity contribution in [1.29, 1.82) is 5.26 Å². The summed E-state index contributed by atoms with van der Waals surface area (Å²) in [5.41, 5.74) is 14.3. The van der Waals surface area contributed by atoms with E-state index in [1.807, 2.05) is 13.0 Å². The lowest BCUT2D eigenvalue weighted by Gasteiger charge is -2.26. The normalized spacial score (nSPS) is 15.8. The zero-order valence-electron chi connectivity index (χ0n) is 19.3.